The highest BCUT2D eigenvalue weighted by Gasteiger charge is 2.46. The lowest BCUT2D eigenvalue weighted by molar-refractivity contribution is 0.00122. The van der Waals surface area contributed by atoms with E-state index >= 15 is 0 Å². The molecule has 2 aliphatic carbocycles. The van der Waals surface area contributed by atoms with Gasteiger partial charge < -0.3 is 15.3 Å². The summed E-state index contributed by atoms with van der Waals surface area (Å²) in [5.41, 5.74) is -0.269. The fraction of sp³-hybridized carbons (Fsp3) is 0.750. The molecule has 1 aromatic rings. The molecule has 0 atom stereocenters. The Labute approximate surface area is 163 Å². The first-order chi connectivity index (χ1) is 13.4. The summed E-state index contributed by atoms with van der Waals surface area (Å²) in [6.07, 6.45) is 9.25. The minimum absolute atomic E-state index is 0.149. The lowest BCUT2D eigenvalue weighted by atomic mass is 9.60. The highest BCUT2D eigenvalue weighted by molar-refractivity contribution is 5.65. The molecular weight excluding hydrogens is 360 g/mol. The number of rotatable bonds is 4. The maximum atomic E-state index is 12.0. The monoisotopic (exact) mass is 390 g/mol. The second-order valence-corrected chi connectivity index (χ2v) is 9.05. The number of carboxylic acid groups (broad SMARTS) is 1. The zero-order valence-electron chi connectivity index (χ0n) is 16.2. The van der Waals surface area contributed by atoms with Crippen LogP contribution in [-0.2, 0) is 0 Å². The molecular formula is C20H30N4O4. The summed E-state index contributed by atoms with van der Waals surface area (Å²) in [5, 5.41) is 11.4. The minimum Gasteiger partial charge on any atom is -0.465 e. The molecule has 3 aliphatic rings. The van der Waals surface area contributed by atoms with Gasteiger partial charge >= 0.3 is 11.8 Å². The molecule has 2 heterocycles. The molecule has 3 fully saturated rings. The molecule has 8 nitrogen and oxygen atoms in total. The van der Waals surface area contributed by atoms with Gasteiger partial charge in [-0.25, -0.2) is 9.59 Å². The number of hydrogen-bond donors (Lipinski definition) is 3. The first kappa shape index (κ1) is 19.2. The fourth-order valence-electron chi connectivity index (χ4n) is 5.57. The van der Waals surface area contributed by atoms with Crippen LogP contribution in [0.15, 0.2) is 21.9 Å². The van der Waals surface area contributed by atoms with Gasteiger partial charge in [0, 0.05) is 30.9 Å². The summed E-state index contributed by atoms with van der Waals surface area (Å²) in [4.78, 5) is 38.9. The van der Waals surface area contributed by atoms with Crippen LogP contribution in [-0.4, -0.2) is 51.3 Å². The number of nitrogens with one attached hydrogen (secondary N) is 2. The third-order valence-electron chi connectivity index (χ3n) is 7.18. The van der Waals surface area contributed by atoms with Crippen molar-refractivity contribution in [2.45, 2.75) is 63.5 Å². The maximum absolute atomic E-state index is 12.0. The number of aromatic nitrogens is 2. The summed E-state index contributed by atoms with van der Waals surface area (Å²) >= 11 is 0. The minimum atomic E-state index is -0.906. The third-order valence-corrected chi connectivity index (χ3v) is 7.18. The largest absolute Gasteiger partial charge is 0.465 e. The molecule has 0 aromatic carbocycles. The van der Waals surface area contributed by atoms with Gasteiger partial charge in [-0.3, -0.25) is 14.3 Å². The molecule has 0 radical (unpaired) electrons. The predicted molar refractivity (Wildman–Crippen MR) is 105 cm³/mol. The van der Waals surface area contributed by atoms with E-state index in [9.17, 15) is 14.4 Å². The van der Waals surface area contributed by atoms with Crippen LogP contribution in [0.3, 0.4) is 0 Å². The van der Waals surface area contributed by atoms with E-state index in [2.05, 4.69) is 15.2 Å². The van der Waals surface area contributed by atoms with Gasteiger partial charge in [0.2, 0.25) is 0 Å². The molecule has 2 saturated carbocycles. The highest BCUT2D eigenvalue weighted by Crippen LogP contribution is 2.49. The summed E-state index contributed by atoms with van der Waals surface area (Å²) in [7, 11) is 0. The van der Waals surface area contributed by atoms with Crippen molar-refractivity contribution in [2.75, 3.05) is 19.6 Å². The van der Waals surface area contributed by atoms with Crippen molar-refractivity contribution in [1.82, 2.24) is 19.8 Å². The van der Waals surface area contributed by atoms with Crippen LogP contribution in [0.4, 0.5) is 4.79 Å². The lowest BCUT2D eigenvalue weighted by Crippen LogP contribution is -2.55. The molecule has 1 aliphatic heterocycles. The van der Waals surface area contributed by atoms with Crippen molar-refractivity contribution in [1.29, 1.82) is 0 Å². The Balaban J connectivity index is 1.21. The predicted octanol–water partition coefficient (Wildman–Crippen LogP) is 1.78. The average molecular weight is 390 g/mol. The summed E-state index contributed by atoms with van der Waals surface area (Å²) in [6.45, 7) is 3.35. The molecule has 154 valence electrons. The molecule has 4 rings (SSSR count). The number of amides is 1. The van der Waals surface area contributed by atoms with Crippen molar-refractivity contribution in [2.24, 2.45) is 11.3 Å². The zero-order valence-corrected chi connectivity index (χ0v) is 16.2. The van der Waals surface area contributed by atoms with Crippen LogP contribution in [0.2, 0.25) is 0 Å². The molecule has 1 saturated heterocycles. The van der Waals surface area contributed by atoms with E-state index in [4.69, 9.17) is 5.11 Å². The normalized spacial score (nSPS) is 28.0. The van der Waals surface area contributed by atoms with E-state index in [1.54, 1.807) is 10.8 Å². The first-order valence-corrected chi connectivity index (χ1v) is 10.5. The zero-order chi connectivity index (χ0) is 19.7. The second kappa shape index (κ2) is 7.73. The maximum Gasteiger partial charge on any atom is 0.404 e. The van der Waals surface area contributed by atoms with Crippen molar-refractivity contribution >= 4 is 6.09 Å². The van der Waals surface area contributed by atoms with E-state index in [0.717, 1.165) is 58.2 Å². The Morgan fingerprint density at radius 3 is 2.46 bits per heavy atom. The number of piperidine rings is 1. The van der Waals surface area contributed by atoms with Gasteiger partial charge in [0.15, 0.2) is 0 Å². The quantitative estimate of drug-likeness (QED) is 0.726. The average Bonchev–Trinajstić information content (AvgIpc) is 2.63. The number of H-pyrrole nitrogens is 1. The van der Waals surface area contributed by atoms with Crippen molar-refractivity contribution < 1.29 is 9.90 Å². The third kappa shape index (κ3) is 4.16. The number of nitrogens with zero attached hydrogens (tertiary/aromatic N) is 2. The molecule has 0 bridgehead atoms. The molecule has 1 spiro atoms. The molecule has 28 heavy (non-hydrogen) atoms. The number of hydrogen-bond acceptors (Lipinski definition) is 4. The summed E-state index contributed by atoms with van der Waals surface area (Å²) in [5.74, 6) is 0.673. The Bertz CT molecular complexity index is 808. The summed E-state index contributed by atoms with van der Waals surface area (Å²) < 4.78 is 1.68. The van der Waals surface area contributed by atoms with Gasteiger partial charge in [-0.15, -0.1) is 0 Å². The SMILES string of the molecule is O=C(O)NC1CC2(CCN(CC3CCC(n4ccc(=O)[nH]c4=O)CC3)CC2)C1. The Kier molecular flexibility index (Phi) is 5.31. The molecule has 1 amide bonds. The van der Waals surface area contributed by atoms with Crippen molar-refractivity contribution in [3.05, 3.63) is 33.1 Å². The van der Waals surface area contributed by atoms with Crippen molar-refractivity contribution in [3.63, 3.8) is 0 Å². The molecule has 3 N–H and O–H groups in total. The number of carbonyl (C=O) groups is 1. The molecule has 1 aromatic heterocycles. The fourth-order valence-corrected chi connectivity index (χ4v) is 5.57. The Hall–Kier alpha value is -2.09. The van der Waals surface area contributed by atoms with Gasteiger partial charge in [-0.2, -0.15) is 0 Å². The van der Waals surface area contributed by atoms with Crippen LogP contribution in [0, 0.1) is 11.3 Å². The van der Waals surface area contributed by atoms with Gasteiger partial charge in [0.25, 0.3) is 5.56 Å². The number of aromatic amines is 1. The first-order valence-electron chi connectivity index (χ1n) is 10.5. The number of likely N-dealkylation sites (tertiary alicyclic amines) is 1. The van der Waals surface area contributed by atoms with Gasteiger partial charge in [0.05, 0.1) is 0 Å². The van der Waals surface area contributed by atoms with Gasteiger partial charge in [-0.05, 0) is 75.8 Å². The van der Waals surface area contributed by atoms with Crippen molar-refractivity contribution in [3.8, 4) is 0 Å². The second-order valence-electron chi connectivity index (χ2n) is 9.05. The van der Waals surface area contributed by atoms with Crippen LogP contribution in [0.5, 0.6) is 0 Å². The standard InChI is InChI=1S/C20H30N4O4/c25-17-5-8-24(18(26)22-17)16-3-1-14(2-4-16)13-23-9-6-20(7-10-23)11-15(12-20)21-19(27)28/h5,8,14-16,21H,1-4,6-7,9-13H2,(H,27,28)(H,22,25,26). The highest BCUT2D eigenvalue weighted by atomic mass is 16.4. The lowest BCUT2D eigenvalue weighted by Gasteiger charge is -2.52. The van der Waals surface area contributed by atoms with E-state index in [-0.39, 0.29) is 23.3 Å². The van der Waals surface area contributed by atoms with E-state index in [1.165, 1.54) is 18.9 Å². The van der Waals surface area contributed by atoms with Crippen LogP contribution < -0.4 is 16.6 Å². The topological polar surface area (TPSA) is 107 Å². The van der Waals surface area contributed by atoms with Gasteiger partial charge in [0.1, 0.15) is 0 Å². The Morgan fingerprint density at radius 2 is 1.86 bits per heavy atom. The van der Waals surface area contributed by atoms with E-state index in [0.29, 0.717) is 11.3 Å². The smallest absolute Gasteiger partial charge is 0.404 e. The molecule has 0 unspecified atom stereocenters. The van der Waals surface area contributed by atoms with Gasteiger partial charge in [-0.1, -0.05) is 0 Å². The van der Waals surface area contributed by atoms with E-state index in [1.807, 2.05) is 0 Å². The van der Waals surface area contributed by atoms with Crippen LogP contribution >= 0.6 is 0 Å². The van der Waals surface area contributed by atoms with Crippen LogP contribution in [0.1, 0.15) is 57.4 Å². The van der Waals surface area contributed by atoms with Crippen LogP contribution in [0.25, 0.3) is 0 Å². The Morgan fingerprint density at radius 1 is 1.18 bits per heavy atom. The summed E-state index contributed by atoms with van der Waals surface area (Å²) in [6, 6.07) is 1.77. The van der Waals surface area contributed by atoms with E-state index < -0.39 is 6.09 Å². The molecule has 8 heteroatoms.